The highest BCUT2D eigenvalue weighted by atomic mass is 35.5. The summed E-state index contributed by atoms with van der Waals surface area (Å²) < 4.78 is 16.5. The molecule has 4 aromatic rings. The smallest absolute Gasteiger partial charge is 0.343 e. The molecular weight excluding hydrogens is 480 g/mol. The van der Waals surface area contributed by atoms with E-state index in [1.54, 1.807) is 54.6 Å². The summed E-state index contributed by atoms with van der Waals surface area (Å²) in [6.45, 7) is 2.15. The van der Waals surface area contributed by atoms with Gasteiger partial charge in [0.15, 0.2) is 6.61 Å². The molecule has 0 aromatic heterocycles. The molecule has 0 heterocycles. The summed E-state index contributed by atoms with van der Waals surface area (Å²) in [4.78, 5) is 25.0. The van der Waals surface area contributed by atoms with Crippen molar-refractivity contribution in [2.75, 3.05) is 13.2 Å². The second-order valence-electron chi connectivity index (χ2n) is 7.56. The summed E-state index contributed by atoms with van der Waals surface area (Å²) in [6.07, 6.45) is 1.44. The molecule has 0 aliphatic rings. The summed E-state index contributed by atoms with van der Waals surface area (Å²) in [5.41, 5.74) is 3.34. The third-order valence-corrected chi connectivity index (χ3v) is 5.42. The first kappa shape index (κ1) is 24.8. The summed E-state index contributed by atoms with van der Waals surface area (Å²) in [7, 11) is 0. The van der Waals surface area contributed by atoms with Gasteiger partial charge in [0.05, 0.1) is 23.4 Å². The largest absolute Gasteiger partial charge is 0.494 e. The van der Waals surface area contributed by atoms with Gasteiger partial charge in [-0.05, 0) is 60.2 Å². The fourth-order valence-electron chi connectivity index (χ4n) is 3.42. The van der Waals surface area contributed by atoms with Crippen LogP contribution in [0.15, 0.2) is 90.0 Å². The number of benzene rings is 4. The lowest BCUT2D eigenvalue weighted by Gasteiger charge is -2.11. The molecule has 8 heteroatoms. The minimum Gasteiger partial charge on any atom is -0.494 e. The van der Waals surface area contributed by atoms with Gasteiger partial charge < -0.3 is 14.2 Å². The summed E-state index contributed by atoms with van der Waals surface area (Å²) in [6, 6.07) is 24.7. The zero-order valence-corrected chi connectivity index (χ0v) is 20.2. The Kier molecular flexibility index (Phi) is 8.16. The first-order valence-corrected chi connectivity index (χ1v) is 11.6. The Hall–Kier alpha value is -4.36. The number of hydrazone groups is 1. The van der Waals surface area contributed by atoms with Crippen LogP contribution in [0.4, 0.5) is 0 Å². The van der Waals surface area contributed by atoms with Gasteiger partial charge in [0, 0.05) is 5.56 Å². The molecule has 1 amide bonds. The molecule has 0 spiro atoms. The van der Waals surface area contributed by atoms with Crippen molar-refractivity contribution in [3.8, 4) is 17.2 Å². The van der Waals surface area contributed by atoms with Crippen molar-refractivity contribution >= 4 is 40.5 Å². The molecule has 1 N–H and O–H groups in total. The number of halogens is 1. The van der Waals surface area contributed by atoms with Gasteiger partial charge in [-0.15, -0.1) is 0 Å². The quantitative estimate of drug-likeness (QED) is 0.138. The van der Waals surface area contributed by atoms with Crippen LogP contribution in [0.2, 0.25) is 5.02 Å². The molecule has 0 bridgehead atoms. The minimum atomic E-state index is -0.528. The van der Waals surface area contributed by atoms with Crippen LogP contribution in [0.25, 0.3) is 10.8 Å². The van der Waals surface area contributed by atoms with E-state index in [4.69, 9.17) is 25.8 Å². The van der Waals surface area contributed by atoms with Crippen LogP contribution in [-0.2, 0) is 4.79 Å². The SMILES string of the molecule is CCOc1ccc(C(=O)Oc2ccc3ccccc3c2C=NNC(=O)COc2ccccc2Cl)cc1. The number of para-hydroxylation sites is 1. The van der Waals surface area contributed by atoms with Crippen molar-refractivity contribution in [2.45, 2.75) is 6.92 Å². The van der Waals surface area contributed by atoms with E-state index in [2.05, 4.69) is 10.5 Å². The molecule has 7 nitrogen and oxygen atoms in total. The number of fused-ring (bicyclic) bond motifs is 1. The van der Waals surface area contributed by atoms with Crippen molar-refractivity contribution < 1.29 is 23.8 Å². The number of hydrogen-bond acceptors (Lipinski definition) is 6. The molecule has 0 fully saturated rings. The molecule has 0 saturated carbocycles. The van der Waals surface area contributed by atoms with E-state index in [-0.39, 0.29) is 6.61 Å². The van der Waals surface area contributed by atoms with Gasteiger partial charge >= 0.3 is 5.97 Å². The third kappa shape index (κ3) is 6.20. The Morgan fingerprint density at radius 2 is 1.64 bits per heavy atom. The number of carbonyl (C=O) groups is 2. The van der Waals surface area contributed by atoms with Crippen LogP contribution < -0.4 is 19.6 Å². The van der Waals surface area contributed by atoms with Crippen LogP contribution in [0.5, 0.6) is 17.2 Å². The molecule has 36 heavy (non-hydrogen) atoms. The topological polar surface area (TPSA) is 86.2 Å². The second kappa shape index (κ2) is 11.9. The van der Waals surface area contributed by atoms with Crippen molar-refractivity contribution in [1.29, 1.82) is 0 Å². The third-order valence-electron chi connectivity index (χ3n) is 5.11. The number of hydrogen-bond donors (Lipinski definition) is 1. The fraction of sp³-hybridized carbons (Fsp3) is 0.107. The van der Waals surface area contributed by atoms with E-state index < -0.39 is 11.9 Å². The second-order valence-corrected chi connectivity index (χ2v) is 7.96. The molecule has 4 aromatic carbocycles. The number of amides is 1. The molecule has 0 unspecified atom stereocenters. The number of nitrogens with one attached hydrogen (secondary N) is 1. The maximum absolute atomic E-state index is 12.8. The van der Waals surface area contributed by atoms with E-state index in [1.807, 2.05) is 37.3 Å². The average Bonchev–Trinajstić information content (AvgIpc) is 2.90. The zero-order valence-electron chi connectivity index (χ0n) is 19.4. The van der Waals surface area contributed by atoms with Crippen molar-refractivity contribution in [3.63, 3.8) is 0 Å². The summed E-state index contributed by atoms with van der Waals surface area (Å²) in [5, 5.41) is 6.19. The standard InChI is InChI=1S/C28H23ClN2O5/c1-2-34-21-14-11-20(12-15-21)28(33)36-25-16-13-19-7-3-4-8-22(19)23(25)17-30-31-27(32)18-35-26-10-6-5-9-24(26)29/h3-17H,2,18H2,1H3,(H,31,32). The Balaban J connectivity index is 1.49. The van der Waals surface area contributed by atoms with Gasteiger partial charge in [0.2, 0.25) is 0 Å². The molecule has 0 aliphatic carbocycles. The van der Waals surface area contributed by atoms with E-state index in [9.17, 15) is 9.59 Å². The highest BCUT2D eigenvalue weighted by Crippen LogP contribution is 2.28. The number of ether oxygens (including phenoxy) is 3. The van der Waals surface area contributed by atoms with Gasteiger partial charge in [0.1, 0.15) is 17.2 Å². The average molecular weight is 503 g/mol. The number of carbonyl (C=O) groups excluding carboxylic acids is 2. The van der Waals surface area contributed by atoms with Crippen molar-refractivity contribution in [2.24, 2.45) is 5.10 Å². The maximum Gasteiger partial charge on any atom is 0.343 e. The van der Waals surface area contributed by atoms with E-state index in [1.165, 1.54) is 6.21 Å². The van der Waals surface area contributed by atoms with Gasteiger partial charge in [-0.3, -0.25) is 4.79 Å². The van der Waals surface area contributed by atoms with Crippen LogP contribution >= 0.6 is 11.6 Å². The fourth-order valence-corrected chi connectivity index (χ4v) is 3.61. The highest BCUT2D eigenvalue weighted by Gasteiger charge is 2.14. The van der Waals surface area contributed by atoms with E-state index in [0.717, 1.165) is 10.8 Å². The summed E-state index contributed by atoms with van der Waals surface area (Å²) >= 11 is 6.04. The highest BCUT2D eigenvalue weighted by molar-refractivity contribution is 6.32. The van der Waals surface area contributed by atoms with E-state index in [0.29, 0.717) is 40.0 Å². The number of esters is 1. The minimum absolute atomic E-state index is 0.268. The molecule has 182 valence electrons. The molecular formula is C28H23ClN2O5. The first-order valence-electron chi connectivity index (χ1n) is 11.2. The monoisotopic (exact) mass is 502 g/mol. The molecule has 0 atom stereocenters. The molecule has 0 saturated heterocycles. The maximum atomic E-state index is 12.8. The van der Waals surface area contributed by atoms with Crippen LogP contribution in [0.1, 0.15) is 22.8 Å². The Bertz CT molecular complexity index is 1400. The van der Waals surface area contributed by atoms with Gasteiger partial charge in [-0.1, -0.05) is 54.1 Å². The van der Waals surface area contributed by atoms with Crippen LogP contribution in [0.3, 0.4) is 0 Å². The predicted octanol–water partition coefficient (Wildman–Crippen LogP) is 5.64. The molecule has 0 aliphatic heterocycles. The zero-order chi connectivity index (χ0) is 25.3. The van der Waals surface area contributed by atoms with Gasteiger partial charge in [-0.2, -0.15) is 5.10 Å². The lowest BCUT2D eigenvalue weighted by Crippen LogP contribution is -2.24. The number of nitrogens with zero attached hydrogens (tertiary/aromatic N) is 1. The summed E-state index contributed by atoms with van der Waals surface area (Å²) in [5.74, 6) is 0.370. The predicted molar refractivity (Wildman–Crippen MR) is 139 cm³/mol. The van der Waals surface area contributed by atoms with Gasteiger partial charge in [-0.25, -0.2) is 10.2 Å². The Morgan fingerprint density at radius 1 is 0.889 bits per heavy atom. The lowest BCUT2D eigenvalue weighted by atomic mass is 10.0. The lowest BCUT2D eigenvalue weighted by molar-refractivity contribution is -0.123. The van der Waals surface area contributed by atoms with Crippen LogP contribution in [0, 0.1) is 0 Å². The normalized spacial score (nSPS) is 10.8. The van der Waals surface area contributed by atoms with Crippen molar-refractivity contribution in [1.82, 2.24) is 5.43 Å². The van der Waals surface area contributed by atoms with Gasteiger partial charge in [0.25, 0.3) is 5.91 Å². The Morgan fingerprint density at radius 3 is 2.42 bits per heavy atom. The van der Waals surface area contributed by atoms with Crippen LogP contribution in [-0.4, -0.2) is 31.3 Å². The molecule has 4 rings (SSSR count). The Labute approximate surface area is 213 Å². The number of rotatable bonds is 9. The van der Waals surface area contributed by atoms with E-state index >= 15 is 0 Å². The first-order chi connectivity index (χ1) is 17.5. The van der Waals surface area contributed by atoms with Crippen molar-refractivity contribution in [3.05, 3.63) is 101 Å². The molecule has 0 radical (unpaired) electrons.